The first kappa shape index (κ1) is 7.16. The zero-order valence-corrected chi connectivity index (χ0v) is 6.89. The van der Waals surface area contributed by atoms with Gasteiger partial charge in [0.1, 0.15) is 0 Å². The topological polar surface area (TPSA) is 37.4 Å². The van der Waals surface area contributed by atoms with Gasteiger partial charge in [-0.05, 0) is 6.42 Å². The van der Waals surface area contributed by atoms with Crippen LogP contribution in [0.2, 0.25) is 0 Å². The molecule has 2 amide bonds. The van der Waals surface area contributed by atoms with Gasteiger partial charge in [-0.2, -0.15) is 0 Å². The van der Waals surface area contributed by atoms with Gasteiger partial charge in [-0.3, -0.25) is 14.5 Å². The van der Waals surface area contributed by atoms with Crippen LogP contribution in [-0.2, 0) is 9.59 Å². The number of carbonyl (C=O) groups is 2. The lowest BCUT2D eigenvalue weighted by Gasteiger charge is -2.26. The van der Waals surface area contributed by atoms with E-state index in [2.05, 4.69) is 0 Å². The maximum absolute atomic E-state index is 11.2. The van der Waals surface area contributed by atoms with Gasteiger partial charge in [0.2, 0.25) is 11.8 Å². The van der Waals surface area contributed by atoms with Crippen LogP contribution >= 0.6 is 11.8 Å². The Labute approximate surface area is 69.1 Å². The van der Waals surface area contributed by atoms with Crippen molar-refractivity contribution in [2.75, 3.05) is 5.75 Å². The second kappa shape index (κ2) is 2.52. The molecule has 2 aliphatic rings. The molecule has 1 atom stereocenters. The van der Waals surface area contributed by atoms with Gasteiger partial charge >= 0.3 is 0 Å². The SMILES string of the molecule is O=C1CCSC2CCC(=O)N12. The van der Waals surface area contributed by atoms with Crippen molar-refractivity contribution in [3.8, 4) is 0 Å². The van der Waals surface area contributed by atoms with Crippen molar-refractivity contribution >= 4 is 23.6 Å². The van der Waals surface area contributed by atoms with Crippen LogP contribution in [0.3, 0.4) is 0 Å². The number of hydrogen-bond acceptors (Lipinski definition) is 3. The summed E-state index contributed by atoms with van der Waals surface area (Å²) in [5.41, 5.74) is 0. The fraction of sp³-hybridized carbons (Fsp3) is 0.714. The Bertz CT molecular complexity index is 216. The molecule has 0 aliphatic carbocycles. The van der Waals surface area contributed by atoms with Crippen molar-refractivity contribution < 1.29 is 9.59 Å². The molecular formula is C7H9NO2S. The molecule has 0 aromatic carbocycles. The predicted molar refractivity (Wildman–Crippen MR) is 42.0 cm³/mol. The minimum absolute atomic E-state index is 0.0206. The molecule has 2 saturated heterocycles. The van der Waals surface area contributed by atoms with Crippen LogP contribution in [0.25, 0.3) is 0 Å². The smallest absolute Gasteiger partial charge is 0.230 e. The lowest BCUT2D eigenvalue weighted by atomic mass is 10.4. The first-order valence-electron chi connectivity index (χ1n) is 3.75. The number of carbonyl (C=O) groups excluding carboxylic acids is 2. The van der Waals surface area contributed by atoms with E-state index in [1.54, 1.807) is 11.8 Å². The second-order valence-corrected chi connectivity index (χ2v) is 4.06. The number of hydrogen-bond donors (Lipinski definition) is 0. The molecule has 0 spiro atoms. The Hall–Kier alpha value is -0.510. The van der Waals surface area contributed by atoms with Crippen LogP contribution in [0.1, 0.15) is 19.3 Å². The first-order valence-corrected chi connectivity index (χ1v) is 4.80. The summed E-state index contributed by atoms with van der Waals surface area (Å²) in [7, 11) is 0. The zero-order valence-electron chi connectivity index (χ0n) is 6.08. The molecular weight excluding hydrogens is 162 g/mol. The van der Waals surface area contributed by atoms with E-state index < -0.39 is 0 Å². The maximum Gasteiger partial charge on any atom is 0.230 e. The molecule has 3 nitrogen and oxygen atoms in total. The normalized spacial score (nSPS) is 30.9. The molecule has 2 aliphatic heterocycles. The van der Waals surface area contributed by atoms with Crippen molar-refractivity contribution in [3.05, 3.63) is 0 Å². The summed E-state index contributed by atoms with van der Waals surface area (Å²) < 4.78 is 0. The van der Waals surface area contributed by atoms with Crippen LogP contribution in [-0.4, -0.2) is 27.8 Å². The Kier molecular flexibility index (Phi) is 1.64. The Balaban J connectivity index is 2.21. The third kappa shape index (κ3) is 1.05. The van der Waals surface area contributed by atoms with Crippen molar-refractivity contribution in [3.63, 3.8) is 0 Å². The van der Waals surface area contributed by atoms with E-state index in [1.165, 1.54) is 4.90 Å². The van der Waals surface area contributed by atoms with Gasteiger partial charge in [-0.25, -0.2) is 0 Å². The van der Waals surface area contributed by atoms with Crippen molar-refractivity contribution in [2.24, 2.45) is 0 Å². The molecule has 2 fully saturated rings. The van der Waals surface area contributed by atoms with Gasteiger partial charge in [-0.15, -0.1) is 11.8 Å². The zero-order chi connectivity index (χ0) is 7.84. The predicted octanol–water partition coefficient (Wildman–Crippen LogP) is 0.598. The van der Waals surface area contributed by atoms with Crippen LogP contribution in [0.4, 0.5) is 0 Å². The second-order valence-electron chi connectivity index (χ2n) is 2.77. The average molecular weight is 171 g/mol. The summed E-state index contributed by atoms with van der Waals surface area (Å²) >= 11 is 1.73. The highest BCUT2D eigenvalue weighted by Gasteiger charge is 2.38. The number of rotatable bonds is 0. The highest BCUT2D eigenvalue weighted by Crippen LogP contribution is 2.32. The Morgan fingerprint density at radius 2 is 2.00 bits per heavy atom. The number of fused-ring (bicyclic) bond motifs is 1. The molecule has 60 valence electrons. The lowest BCUT2D eigenvalue weighted by Crippen LogP contribution is -2.40. The van der Waals surface area contributed by atoms with Crippen molar-refractivity contribution in [1.82, 2.24) is 4.90 Å². The third-order valence-electron chi connectivity index (χ3n) is 2.06. The summed E-state index contributed by atoms with van der Waals surface area (Å²) in [6.45, 7) is 0. The molecule has 0 aromatic heterocycles. The van der Waals surface area contributed by atoms with E-state index in [-0.39, 0.29) is 17.2 Å². The minimum atomic E-state index is 0.0206. The number of imide groups is 1. The number of amides is 2. The molecule has 2 rings (SSSR count). The third-order valence-corrected chi connectivity index (χ3v) is 3.33. The molecule has 0 radical (unpaired) electrons. The van der Waals surface area contributed by atoms with E-state index in [4.69, 9.17) is 0 Å². The lowest BCUT2D eigenvalue weighted by molar-refractivity contribution is -0.142. The molecule has 1 unspecified atom stereocenters. The minimum Gasteiger partial charge on any atom is -0.274 e. The summed E-state index contributed by atoms with van der Waals surface area (Å²) in [6, 6.07) is 0. The molecule has 0 saturated carbocycles. The largest absolute Gasteiger partial charge is 0.274 e. The molecule has 0 N–H and O–H groups in total. The van der Waals surface area contributed by atoms with Crippen LogP contribution in [0.5, 0.6) is 0 Å². The van der Waals surface area contributed by atoms with E-state index in [0.29, 0.717) is 12.8 Å². The number of thioether (sulfide) groups is 1. The van der Waals surface area contributed by atoms with Gasteiger partial charge in [0.25, 0.3) is 0 Å². The van der Waals surface area contributed by atoms with Crippen LogP contribution < -0.4 is 0 Å². The van der Waals surface area contributed by atoms with Crippen molar-refractivity contribution in [1.29, 1.82) is 0 Å². The maximum atomic E-state index is 11.2. The molecule has 4 heteroatoms. The Morgan fingerprint density at radius 3 is 2.73 bits per heavy atom. The molecule has 11 heavy (non-hydrogen) atoms. The fourth-order valence-corrected chi connectivity index (χ4v) is 2.75. The van der Waals surface area contributed by atoms with Crippen molar-refractivity contribution in [2.45, 2.75) is 24.6 Å². The van der Waals surface area contributed by atoms with Gasteiger partial charge in [0, 0.05) is 18.6 Å². The van der Waals surface area contributed by atoms with Gasteiger partial charge in [0.05, 0.1) is 5.37 Å². The quantitative estimate of drug-likeness (QED) is 0.501. The molecule has 2 heterocycles. The number of nitrogens with zero attached hydrogens (tertiary/aromatic N) is 1. The summed E-state index contributed by atoms with van der Waals surface area (Å²) in [6.07, 6.45) is 1.95. The first-order chi connectivity index (χ1) is 5.29. The monoisotopic (exact) mass is 171 g/mol. The van der Waals surface area contributed by atoms with Crippen LogP contribution in [0.15, 0.2) is 0 Å². The standard InChI is InChI=1S/C7H9NO2S/c9-5-1-2-7-8(5)6(10)3-4-11-7/h7H,1-4H2. The van der Waals surface area contributed by atoms with E-state index in [9.17, 15) is 9.59 Å². The summed E-state index contributed by atoms with van der Waals surface area (Å²) in [5, 5.41) is 0.170. The van der Waals surface area contributed by atoms with Crippen LogP contribution in [0, 0.1) is 0 Å². The Morgan fingerprint density at radius 1 is 1.27 bits per heavy atom. The highest BCUT2D eigenvalue weighted by molar-refractivity contribution is 8.00. The molecule has 0 aromatic rings. The highest BCUT2D eigenvalue weighted by atomic mass is 32.2. The molecule has 0 bridgehead atoms. The van der Waals surface area contributed by atoms with Gasteiger partial charge in [0.15, 0.2) is 0 Å². The van der Waals surface area contributed by atoms with E-state index in [0.717, 1.165) is 12.2 Å². The van der Waals surface area contributed by atoms with Gasteiger partial charge in [-0.1, -0.05) is 0 Å². The fourth-order valence-electron chi connectivity index (χ4n) is 1.52. The average Bonchev–Trinajstić information content (AvgIpc) is 2.34. The van der Waals surface area contributed by atoms with E-state index >= 15 is 0 Å². The van der Waals surface area contributed by atoms with E-state index in [1.807, 2.05) is 0 Å². The summed E-state index contributed by atoms with van der Waals surface area (Å²) in [5.74, 6) is 0.927. The summed E-state index contributed by atoms with van der Waals surface area (Å²) in [4.78, 5) is 23.7. The van der Waals surface area contributed by atoms with Gasteiger partial charge < -0.3 is 0 Å².